The highest BCUT2D eigenvalue weighted by molar-refractivity contribution is 6.21. The number of aromatic carboxylic acids is 2. The minimum Gasteiger partial charge on any atom is -0.478 e. The molecule has 0 saturated carbocycles. The molecule has 0 heterocycles. The van der Waals surface area contributed by atoms with E-state index in [0.29, 0.717) is 6.42 Å². The van der Waals surface area contributed by atoms with E-state index in [2.05, 4.69) is 0 Å². The Morgan fingerprint density at radius 2 is 1.29 bits per heavy atom. The predicted molar refractivity (Wildman–Crippen MR) is 79.1 cm³/mol. The van der Waals surface area contributed by atoms with Crippen molar-refractivity contribution in [2.45, 2.75) is 11.8 Å². The number of carboxylic acids is 2. The number of benzene rings is 2. The normalized spacial score (nSPS) is 11.9. The van der Waals surface area contributed by atoms with Crippen LogP contribution in [0.3, 0.4) is 0 Å². The number of carbonyl (C=O) groups is 2. The van der Waals surface area contributed by atoms with Crippen molar-refractivity contribution < 1.29 is 19.8 Å². The van der Waals surface area contributed by atoms with Gasteiger partial charge < -0.3 is 10.2 Å². The molecule has 0 aliphatic heterocycles. The highest BCUT2D eigenvalue weighted by Crippen LogP contribution is 2.25. The van der Waals surface area contributed by atoms with Crippen LogP contribution in [0.1, 0.15) is 37.2 Å². The topological polar surface area (TPSA) is 74.6 Å². The van der Waals surface area contributed by atoms with E-state index in [-0.39, 0.29) is 16.5 Å². The molecule has 2 rings (SSSR count). The molecule has 0 spiro atoms. The van der Waals surface area contributed by atoms with Gasteiger partial charge in [0.05, 0.1) is 16.5 Å². The molecular formula is C16H13ClO4. The van der Waals surface area contributed by atoms with Crippen LogP contribution in [0.4, 0.5) is 0 Å². The molecule has 1 unspecified atom stereocenters. The van der Waals surface area contributed by atoms with Gasteiger partial charge in [0.25, 0.3) is 0 Å². The van der Waals surface area contributed by atoms with Crippen molar-refractivity contribution >= 4 is 23.5 Å². The van der Waals surface area contributed by atoms with E-state index >= 15 is 0 Å². The summed E-state index contributed by atoms with van der Waals surface area (Å²) < 4.78 is 0. The minimum absolute atomic E-state index is 0.216. The smallest absolute Gasteiger partial charge is 0.335 e. The summed E-state index contributed by atoms with van der Waals surface area (Å²) >= 11 is 6.31. The fraction of sp³-hybridized carbons (Fsp3) is 0.125. The number of alkyl halides is 1. The van der Waals surface area contributed by atoms with Crippen LogP contribution in [0.15, 0.2) is 48.5 Å². The Morgan fingerprint density at radius 3 is 1.71 bits per heavy atom. The molecule has 0 radical (unpaired) electrons. The molecule has 2 aromatic carbocycles. The van der Waals surface area contributed by atoms with Crippen LogP contribution < -0.4 is 0 Å². The zero-order valence-electron chi connectivity index (χ0n) is 11.0. The molecule has 0 bridgehead atoms. The van der Waals surface area contributed by atoms with Crippen LogP contribution in [0.5, 0.6) is 0 Å². The van der Waals surface area contributed by atoms with Crippen LogP contribution in [0.2, 0.25) is 0 Å². The molecular weight excluding hydrogens is 292 g/mol. The van der Waals surface area contributed by atoms with Gasteiger partial charge in [0.15, 0.2) is 0 Å². The van der Waals surface area contributed by atoms with E-state index in [0.717, 1.165) is 11.1 Å². The van der Waals surface area contributed by atoms with Gasteiger partial charge in [-0.25, -0.2) is 9.59 Å². The third kappa shape index (κ3) is 3.83. The van der Waals surface area contributed by atoms with E-state index in [1.165, 1.54) is 24.3 Å². The second-order valence-electron chi connectivity index (χ2n) is 4.60. The minimum atomic E-state index is -0.975. The van der Waals surface area contributed by atoms with E-state index in [1.807, 2.05) is 0 Å². The standard InChI is InChI=1S/C16H13ClO4/c17-14(11-5-7-13(8-6-11)16(20)21)9-10-1-3-12(4-2-10)15(18)19/h1-8,14H,9H2,(H,18,19)(H,20,21). The average Bonchev–Trinajstić information content (AvgIpc) is 2.47. The van der Waals surface area contributed by atoms with Crippen molar-refractivity contribution in [3.63, 3.8) is 0 Å². The van der Waals surface area contributed by atoms with Crippen LogP contribution >= 0.6 is 11.6 Å². The van der Waals surface area contributed by atoms with Gasteiger partial charge in [-0.2, -0.15) is 0 Å². The monoisotopic (exact) mass is 304 g/mol. The van der Waals surface area contributed by atoms with E-state index in [1.54, 1.807) is 24.3 Å². The molecule has 2 N–H and O–H groups in total. The number of hydrogen-bond acceptors (Lipinski definition) is 2. The van der Waals surface area contributed by atoms with Gasteiger partial charge in [-0.1, -0.05) is 24.3 Å². The van der Waals surface area contributed by atoms with E-state index in [4.69, 9.17) is 21.8 Å². The van der Waals surface area contributed by atoms with Crippen molar-refractivity contribution in [2.75, 3.05) is 0 Å². The Morgan fingerprint density at radius 1 is 0.857 bits per heavy atom. The molecule has 0 amide bonds. The number of rotatable bonds is 5. The van der Waals surface area contributed by atoms with Crippen LogP contribution in [0.25, 0.3) is 0 Å². The molecule has 0 saturated heterocycles. The first-order valence-corrected chi connectivity index (χ1v) is 6.70. The highest BCUT2D eigenvalue weighted by atomic mass is 35.5. The maximum absolute atomic E-state index is 10.8. The summed E-state index contributed by atoms with van der Waals surface area (Å²) in [5, 5.41) is 17.4. The molecule has 21 heavy (non-hydrogen) atoms. The highest BCUT2D eigenvalue weighted by Gasteiger charge is 2.11. The number of carboxylic acid groups (broad SMARTS) is 2. The van der Waals surface area contributed by atoms with Gasteiger partial charge in [0.2, 0.25) is 0 Å². The molecule has 0 aliphatic rings. The van der Waals surface area contributed by atoms with Crippen molar-refractivity contribution in [1.82, 2.24) is 0 Å². The molecule has 5 heteroatoms. The van der Waals surface area contributed by atoms with Gasteiger partial charge in [-0.3, -0.25) is 0 Å². The third-order valence-corrected chi connectivity index (χ3v) is 3.54. The molecule has 4 nitrogen and oxygen atoms in total. The molecule has 108 valence electrons. The molecule has 0 fully saturated rings. The molecule has 2 aromatic rings. The summed E-state index contributed by atoms with van der Waals surface area (Å²) in [6.07, 6.45) is 0.536. The fourth-order valence-corrected chi connectivity index (χ4v) is 2.27. The average molecular weight is 305 g/mol. The maximum atomic E-state index is 10.8. The lowest BCUT2D eigenvalue weighted by molar-refractivity contribution is 0.0686. The summed E-state index contributed by atoms with van der Waals surface area (Å²) in [5.74, 6) is -1.94. The zero-order valence-corrected chi connectivity index (χ0v) is 11.7. The van der Waals surface area contributed by atoms with Crippen molar-refractivity contribution in [3.8, 4) is 0 Å². The second kappa shape index (κ2) is 6.41. The lowest BCUT2D eigenvalue weighted by atomic mass is 10.0. The Balaban J connectivity index is 2.08. The second-order valence-corrected chi connectivity index (χ2v) is 5.13. The Labute approximate surface area is 126 Å². The summed E-state index contributed by atoms with van der Waals surface area (Å²) in [6.45, 7) is 0. The van der Waals surface area contributed by atoms with Crippen LogP contribution in [-0.2, 0) is 6.42 Å². The largest absolute Gasteiger partial charge is 0.478 e. The lowest BCUT2D eigenvalue weighted by Crippen LogP contribution is -2.00. The Hall–Kier alpha value is -2.33. The zero-order chi connectivity index (χ0) is 15.4. The van der Waals surface area contributed by atoms with Gasteiger partial charge in [-0.05, 0) is 41.8 Å². The third-order valence-electron chi connectivity index (χ3n) is 3.14. The maximum Gasteiger partial charge on any atom is 0.335 e. The van der Waals surface area contributed by atoms with E-state index in [9.17, 15) is 9.59 Å². The number of hydrogen-bond donors (Lipinski definition) is 2. The van der Waals surface area contributed by atoms with Gasteiger partial charge in [0.1, 0.15) is 0 Å². The first-order chi connectivity index (χ1) is 9.97. The number of halogens is 1. The summed E-state index contributed by atoms with van der Waals surface area (Å²) in [4.78, 5) is 21.5. The molecule has 1 atom stereocenters. The van der Waals surface area contributed by atoms with Gasteiger partial charge >= 0.3 is 11.9 Å². The molecule has 0 aromatic heterocycles. The summed E-state index contributed by atoms with van der Waals surface area (Å²) in [5.41, 5.74) is 2.19. The predicted octanol–water partition coefficient (Wildman–Crippen LogP) is 3.61. The van der Waals surface area contributed by atoms with Gasteiger partial charge in [-0.15, -0.1) is 11.6 Å². The van der Waals surface area contributed by atoms with Crippen molar-refractivity contribution in [1.29, 1.82) is 0 Å². The van der Waals surface area contributed by atoms with Crippen molar-refractivity contribution in [2.24, 2.45) is 0 Å². The fourth-order valence-electron chi connectivity index (χ4n) is 1.94. The van der Waals surface area contributed by atoms with E-state index < -0.39 is 11.9 Å². The Bertz CT molecular complexity index is 647. The summed E-state index contributed by atoms with van der Waals surface area (Å²) in [6, 6.07) is 12.9. The van der Waals surface area contributed by atoms with Gasteiger partial charge in [0, 0.05) is 0 Å². The first-order valence-electron chi connectivity index (χ1n) is 6.27. The van der Waals surface area contributed by atoms with Crippen molar-refractivity contribution in [3.05, 3.63) is 70.8 Å². The quantitative estimate of drug-likeness (QED) is 0.828. The molecule has 0 aliphatic carbocycles. The summed E-state index contributed by atoms with van der Waals surface area (Å²) in [7, 11) is 0. The Kier molecular flexibility index (Phi) is 4.60. The first kappa shape index (κ1) is 15.1. The van der Waals surface area contributed by atoms with Crippen LogP contribution in [0, 0.1) is 0 Å². The lowest BCUT2D eigenvalue weighted by Gasteiger charge is -2.10. The SMILES string of the molecule is O=C(O)c1ccc(CC(Cl)c2ccc(C(=O)O)cc2)cc1. The van der Waals surface area contributed by atoms with Crippen LogP contribution in [-0.4, -0.2) is 22.2 Å².